The smallest absolute Gasteiger partial charge is 0.129 e. The molecule has 2 N–H and O–H groups in total. The summed E-state index contributed by atoms with van der Waals surface area (Å²) in [5.74, 6) is 1.49. The van der Waals surface area contributed by atoms with Crippen LogP contribution in [0.4, 0.5) is 0 Å². The topological polar surface area (TPSA) is 54.6 Å². The average Bonchev–Trinajstić information content (AvgIpc) is 2.73. The summed E-state index contributed by atoms with van der Waals surface area (Å²) in [6, 6.07) is 4.19. The Morgan fingerprint density at radius 1 is 1.41 bits per heavy atom. The molecule has 2 heterocycles. The summed E-state index contributed by atoms with van der Waals surface area (Å²) in [6.45, 7) is 5.73. The number of rotatable bonds is 4. The first-order chi connectivity index (χ1) is 8.09. The second-order valence-corrected chi connectivity index (χ2v) is 5.20. The zero-order chi connectivity index (χ0) is 12.3. The molecule has 1 atom stereocenters. The second-order valence-electron chi connectivity index (χ2n) is 5.20. The minimum absolute atomic E-state index is 0.0324. The maximum absolute atomic E-state index is 8.91. The molecular weight excluding hydrogens is 218 g/mol. The molecule has 0 radical (unpaired) electrons. The Hall–Kier alpha value is -0.840. The number of nitrogens with one attached hydrogen (secondary N) is 1. The van der Waals surface area contributed by atoms with Crippen LogP contribution in [0, 0.1) is 0 Å². The average molecular weight is 239 g/mol. The number of furan rings is 1. The largest absolute Gasteiger partial charge is 0.462 e. The molecule has 4 nitrogen and oxygen atoms in total. The Bertz CT molecular complexity index is 359. The molecule has 1 aromatic rings. The van der Waals surface area contributed by atoms with Gasteiger partial charge in [0.2, 0.25) is 0 Å². The maximum Gasteiger partial charge on any atom is 0.129 e. The Balaban J connectivity index is 1.81. The summed E-state index contributed by atoms with van der Waals surface area (Å²) < 4.78 is 11.1. The molecule has 0 aromatic carbocycles. The van der Waals surface area contributed by atoms with Crippen LogP contribution in [-0.2, 0) is 17.9 Å². The maximum atomic E-state index is 8.91. The summed E-state index contributed by atoms with van der Waals surface area (Å²) in [4.78, 5) is 0. The summed E-state index contributed by atoms with van der Waals surface area (Å²) in [6.07, 6.45) is 2.05. The fourth-order valence-electron chi connectivity index (χ4n) is 2.25. The van der Waals surface area contributed by atoms with Crippen LogP contribution in [0.1, 0.15) is 38.2 Å². The van der Waals surface area contributed by atoms with Crippen LogP contribution in [-0.4, -0.2) is 23.4 Å². The van der Waals surface area contributed by atoms with Gasteiger partial charge in [-0.3, -0.25) is 0 Å². The van der Waals surface area contributed by atoms with Crippen molar-refractivity contribution in [1.82, 2.24) is 5.32 Å². The summed E-state index contributed by atoms with van der Waals surface area (Å²) >= 11 is 0. The molecule has 4 heteroatoms. The van der Waals surface area contributed by atoms with Gasteiger partial charge in [-0.1, -0.05) is 0 Å². The van der Waals surface area contributed by atoms with Crippen LogP contribution in [0.3, 0.4) is 0 Å². The molecule has 1 saturated heterocycles. The minimum Gasteiger partial charge on any atom is -0.462 e. The number of aliphatic hydroxyl groups is 1. The van der Waals surface area contributed by atoms with Crippen molar-refractivity contribution in [2.45, 2.75) is 51.5 Å². The van der Waals surface area contributed by atoms with Gasteiger partial charge in [-0.2, -0.15) is 0 Å². The summed E-state index contributed by atoms with van der Waals surface area (Å²) in [5.41, 5.74) is -0.0324. The van der Waals surface area contributed by atoms with Crippen molar-refractivity contribution in [2.75, 3.05) is 6.61 Å². The van der Waals surface area contributed by atoms with E-state index in [-0.39, 0.29) is 12.2 Å². The molecule has 0 amide bonds. The molecule has 1 fully saturated rings. The number of hydrogen-bond donors (Lipinski definition) is 2. The molecule has 0 saturated carbocycles. The van der Waals surface area contributed by atoms with Crippen molar-refractivity contribution < 1.29 is 14.3 Å². The van der Waals surface area contributed by atoms with E-state index in [4.69, 9.17) is 14.3 Å². The second kappa shape index (κ2) is 5.21. The molecule has 1 aromatic heterocycles. The monoisotopic (exact) mass is 239 g/mol. The van der Waals surface area contributed by atoms with E-state index in [1.165, 1.54) is 0 Å². The van der Waals surface area contributed by atoms with E-state index in [2.05, 4.69) is 19.2 Å². The Morgan fingerprint density at radius 2 is 2.18 bits per heavy atom. The first-order valence-corrected chi connectivity index (χ1v) is 6.15. The molecule has 1 aliphatic rings. The van der Waals surface area contributed by atoms with Crippen LogP contribution >= 0.6 is 0 Å². The fraction of sp³-hybridized carbons (Fsp3) is 0.692. The molecule has 96 valence electrons. The molecule has 17 heavy (non-hydrogen) atoms. The Morgan fingerprint density at radius 3 is 2.82 bits per heavy atom. The highest BCUT2D eigenvalue weighted by Crippen LogP contribution is 2.24. The first kappa shape index (κ1) is 12.6. The number of hydrogen-bond acceptors (Lipinski definition) is 4. The number of ether oxygens (including phenoxy) is 1. The SMILES string of the molecule is CC1(C)CC(NCc2ccc(CO)o2)CCO1. The quantitative estimate of drug-likeness (QED) is 0.841. The highest BCUT2D eigenvalue weighted by atomic mass is 16.5. The number of aliphatic hydroxyl groups excluding tert-OH is 1. The van der Waals surface area contributed by atoms with Gasteiger partial charge in [0, 0.05) is 12.6 Å². The lowest BCUT2D eigenvalue weighted by Crippen LogP contribution is -2.43. The third-order valence-corrected chi connectivity index (χ3v) is 3.14. The van der Waals surface area contributed by atoms with Crippen molar-refractivity contribution in [1.29, 1.82) is 0 Å². The zero-order valence-electron chi connectivity index (χ0n) is 10.5. The standard InChI is InChI=1S/C13H21NO3/c1-13(2)7-10(5-6-16-13)14-8-11-3-4-12(9-15)17-11/h3-4,10,14-15H,5-9H2,1-2H3. The highest BCUT2D eigenvalue weighted by Gasteiger charge is 2.28. The Kier molecular flexibility index (Phi) is 3.86. The van der Waals surface area contributed by atoms with Crippen molar-refractivity contribution in [3.05, 3.63) is 23.7 Å². The van der Waals surface area contributed by atoms with Gasteiger partial charge in [0.05, 0.1) is 12.1 Å². The molecule has 0 spiro atoms. The molecular formula is C13H21NO3. The highest BCUT2D eigenvalue weighted by molar-refractivity contribution is 5.06. The van der Waals surface area contributed by atoms with Crippen LogP contribution < -0.4 is 5.32 Å². The Labute approximate surface area is 102 Å². The first-order valence-electron chi connectivity index (χ1n) is 6.15. The van der Waals surface area contributed by atoms with E-state index < -0.39 is 0 Å². The van der Waals surface area contributed by atoms with Gasteiger partial charge in [-0.15, -0.1) is 0 Å². The van der Waals surface area contributed by atoms with Gasteiger partial charge in [0.25, 0.3) is 0 Å². The van der Waals surface area contributed by atoms with Gasteiger partial charge < -0.3 is 19.6 Å². The van der Waals surface area contributed by atoms with E-state index in [9.17, 15) is 0 Å². The molecule has 1 aliphatic heterocycles. The molecule has 0 bridgehead atoms. The van der Waals surface area contributed by atoms with Crippen molar-refractivity contribution in [2.24, 2.45) is 0 Å². The zero-order valence-corrected chi connectivity index (χ0v) is 10.5. The lowest BCUT2D eigenvalue weighted by atomic mass is 9.94. The van der Waals surface area contributed by atoms with E-state index in [1.54, 1.807) is 0 Å². The van der Waals surface area contributed by atoms with Crippen LogP contribution in [0.2, 0.25) is 0 Å². The minimum atomic E-state index is -0.0374. The van der Waals surface area contributed by atoms with Gasteiger partial charge >= 0.3 is 0 Å². The van der Waals surface area contributed by atoms with Gasteiger partial charge in [-0.05, 0) is 38.8 Å². The van der Waals surface area contributed by atoms with E-state index in [0.29, 0.717) is 18.3 Å². The van der Waals surface area contributed by atoms with Crippen LogP contribution in [0.5, 0.6) is 0 Å². The van der Waals surface area contributed by atoms with Gasteiger partial charge in [0.1, 0.15) is 18.1 Å². The predicted octanol–water partition coefficient (Wildman–Crippen LogP) is 1.82. The third kappa shape index (κ3) is 3.56. The van der Waals surface area contributed by atoms with Crippen molar-refractivity contribution in [3.8, 4) is 0 Å². The fourth-order valence-corrected chi connectivity index (χ4v) is 2.25. The summed E-state index contributed by atoms with van der Waals surface area (Å²) in [5, 5.41) is 12.4. The lowest BCUT2D eigenvalue weighted by Gasteiger charge is -2.35. The van der Waals surface area contributed by atoms with E-state index >= 15 is 0 Å². The van der Waals surface area contributed by atoms with E-state index in [1.807, 2.05) is 12.1 Å². The van der Waals surface area contributed by atoms with Crippen molar-refractivity contribution in [3.63, 3.8) is 0 Å². The molecule has 0 aliphatic carbocycles. The van der Waals surface area contributed by atoms with Crippen molar-refractivity contribution >= 4 is 0 Å². The van der Waals surface area contributed by atoms with Gasteiger partial charge in [0.15, 0.2) is 0 Å². The van der Waals surface area contributed by atoms with Crippen LogP contribution in [0.25, 0.3) is 0 Å². The molecule has 1 unspecified atom stereocenters. The summed E-state index contributed by atoms with van der Waals surface area (Å²) in [7, 11) is 0. The van der Waals surface area contributed by atoms with E-state index in [0.717, 1.165) is 25.2 Å². The van der Waals surface area contributed by atoms with Crippen LogP contribution in [0.15, 0.2) is 16.5 Å². The predicted molar refractivity (Wildman–Crippen MR) is 64.5 cm³/mol. The van der Waals surface area contributed by atoms with Gasteiger partial charge in [-0.25, -0.2) is 0 Å². The normalized spacial score (nSPS) is 23.8. The molecule has 2 rings (SSSR count). The lowest BCUT2D eigenvalue weighted by molar-refractivity contribution is -0.0632. The third-order valence-electron chi connectivity index (χ3n) is 3.14.